The van der Waals surface area contributed by atoms with Crippen LogP contribution in [0.25, 0.3) is 0 Å². The molecule has 0 saturated carbocycles. The van der Waals surface area contributed by atoms with Crippen molar-refractivity contribution in [1.29, 1.82) is 0 Å². The van der Waals surface area contributed by atoms with Crippen molar-refractivity contribution in [3.05, 3.63) is 23.8 Å². The van der Waals surface area contributed by atoms with Crippen LogP contribution in [0, 0.1) is 0 Å². The second-order valence-electron chi connectivity index (χ2n) is 6.08. The standard InChI is InChI=1S/C17H27NO4/c1-5-18(9-10-19)16-15(20)13-8-7-12(21-6-2)11-14(13)22-17(16,3)4/h7-8,11,15-16,19-20H,5-6,9-10H2,1-4H3. The van der Waals surface area contributed by atoms with Crippen LogP contribution in [0.4, 0.5) is 0 Å². The van der Waals surface area contributed by atoms with Gasteiger partial charge < -0.3 is 19.7 Å². The minimum Gasteiger partial charge on any atom is -0.494 e. The Kier molecular flexibility index (Phi) is 5.32. The molecule has 5 heteroatoms. The van der Waals surface area contributed by atoms with E-state index in [1.54, 1.807) is 0 Å². The number of aliphatic hydroxyl groups is 2. The summed E-state index contributed by atoms with van der Waals surface area (Å²) in [5.41, 5.74) is 0.201. The molecule has 22 heavy (non-hydrogen) atoms. The summed E-state index contributed by atoms with van der Waals surface area (Å²) >= 11 is 0. The molecule has 0 fully saturated rings. The van der Waals surface area contributed by atoms with Gasteiger partial charge in [-0.05, 0) is 39.4 Å². The number of hydrogen-bond acceptors (Lipinski definition) is 5. The van der Waals surface area contributed by atoms with Crippen LogP contribution in [0.1, 0.15) is 39.4 Å². The summed E-state index contributed by atoms with van der Waals surface area (Å²) in [7, 11) is 0. The number of fused-ring (bicyclic) bond motifs is 1. The summed E-state index contributed by atoms with van der Waals surface area (Å²) in [6, 6.07) is 5.34. The lowest BCUT2D eigenvalue weighted by atomic mass is 9.85. The van der Waals surface area contributed by atoms with E-state index in [-0.39, 0.29) is 12.6 Å². The normalized spacial score (nSPS) is 23.0. The van der Waals surface area contributed by atoms with Crippen LogP contribution in [0.2, 0.25) is 0 Å². The molecule has 0 amide bonds. The van der Waals surface area contributed by atoms with Gasteiger partial charge in [0.2, 0.25) is 0 Å². The number of likely N-dealkylation sites (N-methyl/N-ethyl adjacent to an activating group) is 1. The number of rotatable bonds is 6. The fourth-order valence-electron chi connectivity index (χ4n) is 3.26. The summed E-state index contributed by atoms with van der Waals surface area (Å²) < 4.78 is 11.7. The van der Waals surface area contributed by atoms with Crippen LogP contribution in [0.3, 0.4) is 0 Å². The van der Waals surface area contributed by atoms with Crippen LogP contribution in [-0.2, 0) is 0 Å². The van der Waals surface area contributed by atoms with Gasteiger partial charge in [-0.25, -0.2) is 0 Å². The fourth-order valence-corrected chi connectivity index (χ4v) is 3.26. The molecule has 5 nitrogen and oxygen atoms in total. The first-order valence-electron chi connectivity index (χ1n) is 7.93. The molecule has 2 N–H and O–H groups in total. The van der Waals surface area contributed by atoms with Crippen molar-refractivity contribution in [2.45, 2.75) is 45.4 Å². The second-order valence-corrected chi connectivity index (χ2v) is 6.08. The molecule has 124 valence electrons. The lowest BCUT2D eigenvalue weighted by Gasteiger charge is -2.47. The maximum atomic E-state index is 10.9. The fraction of sp³-hybridized carbons (Fsp3) is 0.647. The molecule has 1 aromatic carbocycles. The highest BCUT2D eigenvalue weighted by atomic mass is 16.5. The lowest BCUT2D eigenvalue weighted by Crippen LogP contribution is -2.58. The van der Waals surface area contributed by atoms with Gasteiger partial charge in [0.15, 0.2) is 0 Å². The van der Waals surface area contributed by atoms with Gasteiger partial charge in [0.1, 0.15) is 23.2 Å². The Morgan fingerprint density at radius 3 is 2.64 bits per heavy atom. The number of benzene rings is 1. The average Bonchev–Trinajstić information content (AvgIpc) is 2.45. The smallest absolute Gasteiger partial charge is 0.129 e. The number of hydrogen-bond donors (Lipinski definition) is 2. The van der Waals surface area contributed by atoms with Crippen molar-refractivity contribution in [2.24, 2.45) is 0 Å². The van der Waals surface area contributed by atoms with Crippen molar-refractivity contribution in [2.75, 3.05) is 26.3 Å². The second kappa shape index (κ2) is 6.86. The van der Waals surface area contributed by atoms with Crippen LogP contribution < -0.4 is 9.47 Å². The lowest BCUT2D eigenvalue weighted by molar-refractivity contribution is -0.0841. The molecule has 1 aliphatic rings. The van der Waals surface area contributed by atoms with Crippen molar-refractivity contribution in [3.63, 3.8) is 0 Å². The van der Waals surface area contributed by atoms with E-state index in [1.165, 1.54) is 0 Å². The van der Waals surface area contributed by atoms with Crippen molar-refractivity contribution >= 4 is 0 Å². The van der Waals surface area contributed by atoms with E-state index < -0.39 is 11.7 Å². The minimum absolute atomic E-state index is 0.0588. The van der Waals surface area contributed by atoms with Gasteiger partial charge in [0.05, 0.1) is 19.3 Å². The highest BCUT2D eigenvalue weighted by Gasteiger charge is 2.45. The molecule has 0 radical (unpaired) electrons. The van der Waals surface area contributed by atoms with Crippen LogP contribution in [-0.4, -0.2) is 53.1 Å². The molecular formula is C17H27NO4. The molecule has 0 spiro atoms. The largest absolute Gasteiger partial charge is 0.494 e. The topological polar surface area (TPSA) is 62.2 Å². The molecule has 1 heterocycles. The number of nitrogens with zero attached hydrogens (tertiary/aromatic N) is 1. The predicted octanol–water partition coefficient (Wildman–Crippen LogP) is 1.97. The third-order valence-corrected chi connectivity index (χ3v) is 4.19. The van der Waals surface area contributed by atoms with Crippen LogP contribution in [0.5, 0.6) is 11.5 Å². The SMILES string of the molecule is CCOc1ccc2c(c1)OC(C)(C)C(N(CC)CCO)C2O. The third kappa shape index (κ3) is 3.21. The van der Waals surface area contributed by atoms with Gasteiger partial charge in [-0.1, -0.05) is 6.92 Å². The minimum atomic E-state index is -0.666. The van der Waals surface area contributed by atoms with Gasteiger partial charge in [0.25, 0.3) is 0 Å². The van der Waals surface area contributed by atoms with Gasteiger partial charge in [-0.3, -0.25) is 4.90 Å². The zero-order valence-corrected chi connectivity index (χ0v) is 13.9. The first kappa shape index (κ1) is 17.1. The Labute approximate surface area is 132 Å². The Hall–Kier alpha value is -1.30. The van der Waals surface area contributed by atoms with Gasteiger partial charge in [-0.2, -0.15) is 0 Å². The summed E-state index contributed by atoms with van der Waals surface area (Å²) in [5.74, 6) is 1.41. The molecule has 2 rings (SSSR count). The monoisotopic (exact) mass is 309 g/mol. The molecule has 2 atom stereocenters. The summed E-state index contributed by atoms with van der Waals surface area (Å²) in [6.45, 7) is 9.79. The summed E-state index contributed by atoms with van der Waals surface area (Å²) in [5, 5.41) is 20.1. The van der Waals surface area contributed by atoms with Crippen molar-refractivity contribution in [3.8, 4) is 11.5 Å². The maximum Gasteiger partial charge on any atom is 0.129 e. The van der Waals surface area contributed by atoms with E-state index in [4.69, 9.17) is 9.47 Å². The quantitative estimate of drug-likeness (QED) is 0.841. The highest BCUT2D eigenvalue weighted by molar-refractivity contribution is 5.45. The molecular weight excluding hydrogens is 282 g/mol. The van der Waals surface area contributed by atoms with Crippen LogP contribution in [0.15, 0.2) is 18.2 Å². The Bertz CT molecular complexity index is 503. The number of ether oxygens (including phenoxy) is 2. The van der Waals surface area contributed by atoms with E-state index >= 15 is 0 Å². The number of aliphatic hydroxyl groups excluding tert-OH is 2. The van der Waals surface area contributed by atoms with Gasteiger partial charge in [-0.15, -0.1) is 0 Å². The molecule has 1 aliphatic heterocycles. The summed E-state index contributed by atoms with van der Waals surface area (Å²) in [6.07, 6.45) is -0.666. The van der Waals surface area contributed by atoms with E-state index in [9.17, 15) is 10.2 Å². The maximum absolute atomic E-state index is 10.9. The van der Waals surface area contributed by atoms with Crippen molar-refractivity contribution < 1.29 is 19.7 Å². The zero-order chi connectivity index (χ0) is 16.3. The third-order valence-electron chi connectivity index (χ3n) is 4.19. The first-order chi connectivity index (χ1) is 10.4. The van der Waals surface area contributed by atoms with Gasteiger partial charge in [0, 0.05) is 18.2 Å². The molecule has 0 aromatic heterocycles. The Balaban J connectivity index is 2.37. The molecule has 0 saturated heterocycles. The predicted molar refractivity (Wildman–Crippen MR) is 85.4 cm³/mol. The average molecular weight is 309 g/mol. The first-order valence-corrected chi connectivity index (χ1v) is 7.93. The molecule has 0 aliphatic carbocycles. The zero-order valence-electron chi connectivity index (χ0n) is 13.9. The molecule has 0 bridgehead atoms. The van der Waals surface area contributed by atoms with Crippen LogP contribution >= 0.6 is 0 Å². The molecule has 2 unspecified atom stereocenters. The van der Waals surface area contributed by atoms with E-state index in [2.05, 4.69) is 4.90 Å². The highest BCUT2D eigenvalue weighted by Crippen LogP contribution is 2.43. The summed E-state index contributed by atoms with van der Waals surface area (Å²) in [4.78, 5) is 2.06. The van der Waals surface area contributed by atoms with E-state index in [1.807, 2.05) is 45.9 Å². The van der Waals surface area contributed by atoms with E-state index in [0.29, 0.717) is 18.9 Å². The Morgan fingerprint density at radius 1 is 1.32 bits per heavy atom. The van der Waals surface area contributed by atoms with Gasteiger partial charge >= 0.3 is 0 Å². The van der Waals surface area contributed by atoms with E-state index in [0.717, 1.165) is 17.9 Å². The molecule has 1 aromatic rings. The van der Waals surface area contributed by atoms with Crippen molar-refractivity contribution in [1.82, 2.24) is 4.90 Å². The Morgan fingerprint density at radius 2 is 2.05 bits per heavy atom.